The van der Waals surface area contributed by atoms with E-state index in [2.05, 4.69) is 17.0 Å². The summed E-state index contributed by atoms with van der Waals surface area (Å²) in [6, 6.07) is 12.1. The van der Waals surface area contributed by atoms with E-state index in [9.17, 15) is 0 Å². The fourth-order valence-electron chi connectivity index (χ4n) is 2.15. The highest BCUT2D eigenvalue weighted by atomic mass is 15.2. The van der Waals surface area contributed by atoms with Gasteiger partial charge in [0.1, 0.15) is 0 Å². The van der Waals surface area contributed by atoms with E-state index in [1.165, 1.54) is 0 Å². The molecule has 0 N–H and O–H groups in total. The first-order valence-electron chi connectivity index (χ1n) is 5.47. The topological polar surface area (TPSA) is 50.8 Å². The molecule has 1 saturated heterocycles. The average molecular weight is 211 g/mol. The molecule has 0 saturated carbocycles. The van der Waals surface area contributed by atoms with Crippen LogP contribution in [0.15, 0.2) is 24.3 Å². The molecule has 0 radical (unpaired) electrons. The van der Waals surface area contributed by atoms with Crippen LogP contribution in [0, 0.1) is 22.7 Å². The second-order valence-electron chi connectivity index (χ2n) is 4.03. The molecule has 1 aliphatic heterocycles. The van der Waals surface area contributed by atoms with E-state index >= 15 is 0 Å². The van der Waals surface area contributed by atoms with Crippen molar-refractivity contribution in [3.8, 4) is 12.1 Å². The number of nitrogens with zero attached hydrogens (tertiary/aromatic N) is 3. The zero-order valence-corrected chi connectivity index (χ0v) is 9.06. The second-order valence-corrected chi connectivity index (χ2v) is 4.03. The van der Waals surface area contributed by atoms with Gasteiger partial charge in [-0.3, -0.25) is 4.90 Å². The summed E-state index contributed by atoms with van der Waals surface area (Å²) in [5, 5.41) is 18.0. The highest BCUT2D eigenvalue weighted by Crippen LogP contribution is 2.20. The predicted molar refractivity (Wildman–Crippen MR) is 60.2 cm³/mol. The van der Waals surface area contributed by atoms with Gasteiger partial charge in [-0.2, -0.15) is 10.5 Å². The molecule has 1 unspecified atom stereocenters. The zero-order valence-electron chi connectivity index (χ0n) is 9.06. The third kappa shape index (κ3) is 2.05. The summed E-state index contributed by atoms with van der Waals surface area (Å²) in [4.78, 5) is 2.15. The number of hydrogen-bond acceptors (Lipinski definition) is 3. The van der Waals surface area contributed by atoms with Gasteiger partial charge in [0.05, 0.1) is 23.7 Å². The first-order valence-corrected chi connectivity index (χ1v) is 5.47. The zero-order chi connectivity index (χ0) is 11.4. The SMILES string of the molecule is N#Cc1ccccc1CN1CCCC1C#N. The van der Waals surface area contributed by atoms with E-state index in [1.807, 2.05) is 24.3 Å². The first-order chi connectivity index (χ1) is 7.85. The fourth-order valence-corrected chi connectivity index (χ4v) is 2.15. The van der Waals surface area contributed by atoms with Crippen molar-refractivity contribution in [2.45, 2.75) is 25.4 Å². The van der Waals surface area contributed by atoms with Crippen molar-refractivity contribution in [1.82, 2.24) is 4.90 Å². The quantitative estimate of drug-likeness (QED) is 0.752. The van der Waals surface area contributed by atoms with E-state index in [-0.39, 0.29) is 6.04 Å². The lowest BCUT2D eigenvalue weighted by Crippen LogP contribution is -2.27. The number of rotatable bonds is 2. The summed E-state index contributed by atoms with van der Waals surface area (Å²) in [7, 11) is 0. The molecule has 0 bridgehead atoms. The standard InChI is InChI=1S/C13H13N3/c14-8-11-4-1-2-5-12(11)10-16-7-3-6-13(16)9-15/h1-2,4-5,13H,3,6-7,10H2. The van der Waals surface area contributed by atoms with Crippen molar-refractivity contribution in [1.29, 1.82) is 10.5 Å². The van der Waals surface area contributed by atoms with Gasteiger partial charge >= 0.3 is 0 Å². The number of likely N-dealkylation sites (tertiary alicyclic amines) is 1. The number of nitriles is 2. The van der Waals surface area contributed by atoms with Crippen LogP contribution in [0.2, 0.25) is 0 Å². The molecule has 1 aliphatic rings. The number of benzene rings is 1. The van der Waals surface area contributed by atoms with Crippen molar-refractivity contribution in [3.05, 3.63) is 35.4 Å². The van der Waals surface area contributed by atoms with Gasteiger partial charge in [0.25, 0.3) is 0 Å². The minimum Gasteiger partial charge on any atom is -0.284 e. The van der Waals surface area contributed by atoms with Crippen LogP contribution < -0.4 is 0 Å². The molecular formula is C13H13N3. The highest BCUT2D eigenvalue weighted by molar-refractivity contribution is 5.37. The Hall–Kier alpha value is -1.84. The second kappa shape index (κ2) is 4.79. The lowest BCUT2D eigenvalue weighted by atomic mass is 10.1. The van der Waals surface area contributed by atoms with E-state index < -0.39 is 0 Å². The summed E-state index contributed by atoms with van der Waals surface area (Å²) >= 11 is 0. The fraction of sp³-hybridized carbons (Fsp3) is 0.385. The van der Waals surface area contributed by atoms with Crippen LogP contribution in [-0.4, -0.2) is 17.5 Å². The maximum atomic E-state index is 8.98. The lowest BCUT2D eigenvalue weighted by molar-refractivity contribution is 0.286. The van der Waals surface area contributed by atoms with E-state index in [0.29, 0.717) is 12.1 Å². The Morgan fingerprint density at radius 3 is 2.88 bits per heavy atom. The molecule has 1 heterocycles. The van der Waals surface area contributed by atoms with Gasteiger partial charge in [0, 0.05) is 6.54 Å². The molecule has 0 amide bonds. The highest BCUT2D eigenvalue weighted by Gasteiger charge is 2.24. The molecule has 3 heteroatoms. The maximum absolute atomic E-state index is 8.98. The molecular weight excluding hydrogens is 198 g/mol. The Kier molecular flexibility index (Phi) is 3.19. The molecule has 1 fully saturated rings. The van der Waals surface area contributed by atoms with Gasteiger partial charge in [-0.1, -0.05) is 18.2 Å². The van der Waals surface area contributed by atoms with Crippen LogP contribution in [0.1, 0.15) is 24.0 Å². The summed E-state index contributed by atoms with van der Waals surface area (Å²) in [5.74, 6) is 0. The Balaban J connectivity index is 2.15. The molecule has 80 valence electrons. The molecule has 16 heavy (non-hydrogen) atoms. The van der Waals surface area contributed by atoms with E-state index in [0.717, 1.165) is 24.9 Å². The number of hydrogen-bond donors (Lipinski definition) is 0. The van der Waals surface area contributed by atoms with Gasteiger partial charge < -0.3 is 0 Å². The molecule has 1 aromatic rings. The third-order valence-corrected chi connectivity index (χ3v) is 3.02. The minimum atomic E-state index is 0.0201. The first kappa shape index (κ1) is 10.7. The van der Waals surface area contributed by atoms with Crippen LogP contribution in [-0.2, 0) is 6.54 Å². The minimum absolute atomic E-state index is 0.0201. The maximum Gasteiger partial charge on any atom is 0.0995 e. The van der Waals surface area contributed by atoms with Crippen LogP contribution >= 0.6 is 0 Å². The molecule has 0 aromatic heterocycles. The van der Waals surface area contributed by atoms with Crippen molar-refractivity contribution >= 4 is 0 Å². The summed E-state index contributed by atoms with van der Waals surface area (Å²) in [6.45, 7) is 1.67. The Morgan fingerprint density at radius 1 is 1.31 bits per heavy atom. The smallest absolute Gasteiger partial charge is 0.0995 e. The van der Waals surface area contributed by atoms with Gasteiger partial charge in [0.15, 0.2) is 0 Å². The van der Waals surface area contributed by atoms with Gasteiger partial charge in [-0.15, -0.1) is 0 Å². The monoisotopic (exact) mass is 211 g/mol. The molecule has 1 atom stereocenters. The van der Waals surface area contributed by atoms with Gasteiger partial charge in [-0.25, -0.2) is 0 Å². The van der Waals surface area contributed by atoms with Gasteiger partial charge in [0.2, 0.25) is 0 Å². The normalized spacial score (nSPS) is 20.2. The molecule has 0 spiro atoms. The largest absolute Gasteiger partial charge is 0.284 e. The summed E-state index contributed by atoms with van der Waals surface area (Å²) in [5.41, 5.74) is 1.73. The predicted octanol–water partition coefficient (Wildman–Crippen LogP) is 2.05. The lowest BCUT2D eigenvalue weighted by Gasteiger charge is -2.19. The Morgan fingerprint density at radius 2 is 2.12 bits per heavy atom. The summed E-state index contributed by atoms with van der Waals surface area (Å²) < 4.78 is 0. The van der Waals surface area contributed by atoms with Crippen molar-refractivity contribution < 1.29 is 0 Å². The Bertz CT molecular complexity index is 453. The van der Waals surface area contributed by atoms with Crippen LogP contribution in [0.4, 0.5) is 0 Å². The van der Waals surface area contributed by atoms with Crippen molar-refractivity contribution in [2.24, 2.45) is 0 Å². The third-order valence-electron chi connectivity index (χ3n) is 3.02. The van der Waals surface area contributed by atoms with Crippen LogP contribution in [0.3, 0.4) is 0 Å². The van der Waals surface area contributed by atoms with Crippen molar-refractivity contribution in [3.63, 3.8) is 0 Å². The van der Waals surface area contributed by atoms with Crippen LogP contribution in [0.25, 0.3) is 0 Å². The molecule has 1 aromatic carbocycles. The average Bonchev–Trinajstić information content (AvgIpc) is 2.77. The molecule has 0 aliphatic carbocycles. The van der Waals surface area contributed by atoms with E-state index in [4.69, 9.17) is 10.5 Å². The molecule has 2 rings (SSSR count). The van der Waals surface area contributed by atoms with Crippen molar-refractivity contribution in [2.75, 3.05) is 6.54 Å². The summed E-state index contributed by atoms with van der Waals surface area (Å²) in [6.07, 6.45) is 2.03. The Labute approximate surface area is 95.5 Å². The van der Waals surface area contributed by atoms with Gasteiger partial charge in [-0.05, 0) is 31.0 Å². The molecule has 3 nitrogen and oxygen atoms in total. The van der Waals surface area contributed by atoms with E-state index in [1.54, 1.807) is 0 Å². The van der Waals surface area contributed by atoms with Crippen LogP contribution in [0.5, 0.6) is 0 Å².